The average Bonchev–Trinajstić information content (AvgIpc) is 2.31. The highest BCUT2D eigenvalue weighted by Gasteiger charge is 2.09. The van der Waals surface area contributed by atoms with Gasteiger partial charge in [-0.05, 0) is 37.0 Å². The maximum atomic E-state index is 12.1. The second-order valence-corrected chi connectivity index (χ2v) is 3.95. The van der Waals surface area contributed by atoms with Crippen LogP contribution in [0.2, 0.25) is 0 Å². The lowest BCUT2D eigenvalue weighted by Crippen LogP contribution is -2.03. The molecule has 0 unspecified atom stereocenters. The Labute approximate surface area is 98.2 Å². The van der Waals surface area contributed by atoms with Gasteiger partial charge in [-0.2, -0.15) is 0 Å². The molecule has 0 heterocycles. The third-order valence-electron chi connectivity index (χ3n) is 2.75. The number of carbonyl (C=O) groups is 1. The number of carbonyl (C=O) groups excluding carboxylic acids is 1. The van der Waals surface area contributed by atoms with Crippen LogP contribution in [0.1, 0.15) is 49.5 Å². The number of hydrogen-bond donors (Lipinski definition) is 0. The van der Waals surface area contributed by atoms with Gasteiger partial charge in [0.1, 0.15) is 0 Å². The molecule has 0 saturated carbocycles. The molecule has 1 rings (SSSR count). The van der Waals surface area contributed by atoms with Crippen LogP contribution in [0.15, 0.2) is 35.9 Å². The number of hydrogen-bond acceptors (Lipinski definition) is 1. The molecule has 0 fully saturated rings. The molecule has 0 atom stereocenters. The number of rotatable bonds is 5. The van der Waals surface area contributed by atoms with Crippen LogP contribution in [0.25, 0.3) is 0 Å². The lowest BCUT2D eigenvalue weighted by Gasteiger charge is -2.05. The van der Waals surface area contributed by atoms with Gasteiger partial charge in [-0.15, -0.1) is 0 Å². The highest BCUT2D eigenvalue weighted by atomic mass is 16.1. The molecular weight excluding hydrogens is 196 g/mol. The zero-order valence-electron chi connectivity index (χ0n) is 10.4. The highest BCUT2D eigenvalue weighted by Crippen LogP contribution is 2.14. The average molecular weight is 216 g/mol. The second kappa shape index (κ2) is 6.26. The van der Waals surface area contributed by atoms with E-state index in [1.54, 1.807) is 0 Å². The Kier molecular flexibility index (Phi) is 4.97. The monoisotopic (exact) mass is 216 g/mol. The molecule has 1 aromatic carbocycles. The van der Waals surface area contributed by atoms with Crippen LogP contribution in [-0.4, -0.2) is 5.78 Å². The van der Waals surface area contributed by atoms with E-state index in [0.717, 1.165) is 30.4 Å². The van der Waals surface area contributed by atoms with Gasteiger partial charge in [-0.1, -0.05) is 44.5 Å². The fraction of sp³-hybridized carbons (Fsp3) is 0.400. The van der Waals surface area contributed by atoms with E-state index in [4.69, 9.17) is 0 Å². The van der Waals surface area contributed by atoms with Crippen molar-refractivity contribution in [3.05, 3.63) is 47.0 Å². The first kappa shape index (κ1) is 12.7. The van der Waals surface area contributed by atoms with Gasteiger partial charge in [0.25, 0.3) is 0 Å². The number of ketones is 1. The lowest BCUT2D eigenvalue weighted by atomic mass is 9.98. The van der Waals surface area contributed by atoms with Gasteiger partial charge < -0.3 is 0 Å². The minimum atomic E-state index is 0.169. The summed E-state index contributed by atoms with van der Waals surface area (Å²) in [6.45, 7) is 6.09. The Balaban J connectivity index is 2.95. The van der Waals surface area contributed by atoms with E-state index in [9.17, 15) is 4.79 Å². The molecule has 86 valence electrons. The van der Waals surface area contributed by atoms with Gasteiger partial charge in [0.2, 0.25) is 0 Å². The van der Waals surface area contributed by atoms with Gasteiger partial charge in [0.05, 0.1) is 0 Å². The van der Waals surface area contributed by atoms with Crippen LogP contribution in [0, 0.1) is 0 Å². The Morgan fingerprint density at radius 3 is 2.62 bits per heavy atom. The fourth-order valence-corrected chi connectivity index (χ4v) is 1.84. The fourth-order valence-electron chi connectivity index (χ4n) is 1.84. The smallest absolute Gasteiger partial charge is 0.188 e. The first-order valence-electron chi connectivity index (χ1n) is 6.01. The van der Waals surface area contributed by atoms with E-state index in [1.807, 2.05) is 38.1 Å². The Morgan fingerprint density at radius 2 is 2.06 bits per heavy atom. The lowest BCUT2D eigenvalue weighted by molar-refractivity contribution is 0.103. The van der Waals surface area contributed by atoms with Crippen LogP contribution < -0.4 is 0 Å². The zero-order chi connectivity index (χ0) is 12.0. The molecule has 0 aliphatic carbocycles. The second-order valence-electron chi connectivity index (χ2n) is 3.95. The minimum Gasteiger partial charge on any atom is -0.289 e. The van der Waals surface area contributed by atoms with Crippen LogP contribution >= 0.6 is 0 Å². The molecule has 0 aliphatic heterocycles. The summed E-state index contributed by atoms with van der Waals surface area (Å²) in [6, 6.07) is 7.98. The van der Waals surface area contributed by atoms with Crippen LogP contribution in [-0.2, 0) is 6.42 Å². The molecule has 0 spiro atoms. The Morgan fingerprint density at radius 1 is 1.31 bits per heavy atom. The summed E-state index contributed by atoms with van der Waals surface area (Å²) in [4.78, 5) is 12.1. The van der Waals surface area contributed by atoms with Crippen molar-refractivity contribution in [3.63, 3.8) is 0 Å². The molecule has 0 aromatic heterocycles. The van der Waals surface area contributed by atoms with Crippen LogP contribution in [0.5, 0.6) is 0 Å². The van der Waals surface area contributed by atoms with Crippen LogP contribution in [0.4, 0.5) is 0 Å². The summed E-state index contributed by atoms with van der Waals surface area (Å²) in [6.07, 6.45) is 4.86. The summed E-state index contributed by atoms with van der Waals surface area (Å²) < 4.78 is 0. The maximum Gasteiger partial charge on any atom is 0.188 e. The van der Waals surface area contributed by atoms with Crippen molar-refractivity contribution in [1.82, 2.24) is 0 Å². The summed E-state index contributed by atoms with van der Waals surface area (Å²) in [7, 11) is 0. The van der Waals surface area contributed by atoms with Crippen LogP contribution in [0.3, 0.4) is 0 Å². The standard InChI is InChI=1S/C15H20O/c1-4-8-12-9-7-10-14(11-12)15(16)13(5-2)6-3/h5,7,9-11H,4,6,8H2,1-3H3/b13-5+. The van der Waals surface area contributed by atoms with Gasteiger partial charge in [0.15, 0.2) is 5.78 Å². The minimum absolute atomic E-state index is 0.169. The van der Waals surface area contributed by atoms with E-state index in [0.29, 0.717) is 0 Å². The molecule has 0 radical (unpaired) electrons. The molecule has 0 aliphatic rings. The third kappa shape index (κ3) is 3.06. The summed E-state index contributed by atoms with van der Waals surface area (Å²) >= 11 is 0. The van der Waals surface area contributed by atoms with E-state index >= 15 is 0 Å². The summed E-state index contributed by atoms with van der Waals surface area (Å²) in [5.74, 6) is 0.169. The number of Topliss-reactive ketones (excluding diaryl/α,β-unsaturated/α-hetero) is 1. The topological polar surface area (TPSA) is 17.1 Å². The normalized spacial score (nSPS) is 11.6. The van der Waals surface area contributed by atoms with Crippen molar-refractivity contribution in [1.29, 1.82) is 0 Å². The quantitative estimate of drug-likeness (QED) is 0.533. The molecule has 1 heteroatoms. The molecule has 0 amide bonds. The van der Waals surface area contributed by atoms with E-state index in [1.165, 1.54) is 5.56 Å². The number of aryl methyl sites for hydroxylation is 1. The first-order valence-corrected chi connectivity index (χ1v) is 6.01. The summed E-state index contributed by atoms with van der Waals surface area (Å²) in [5.41, 5.74) is 2.97. The van der Waals surface area contributed by atoms with Crippen molar-refractivity contribution < 1.29 is 4.79 Å². The van der Waals surface area contributed by atoms with Gasteiger partial charge in [0, 0.05) is 5.56 Å². The van der Waals surface area contributed by atoms with Gasteiger partial charge in [-0.3, -0.25) is 4.79 Å². The van der Waals surface area contributed by atoms with E-state index in [2.05, 4.69) is 13.0 Å². The third-order valence-corrected chi connectivity index (χ3v) is 2.75. The predicted octanol–water partition coefficient (Wildman–Crippen LogP) is 4.18. The van der Waals surface area contributed by atoms with E-state index in [-0.39, 0.29) is 5.78 Å². The largest absolute Gasteiger partial charge is 0.289 e. The molecule has 0 bridgehead atoms. The Bertz CT molecular complexity index is 388. The van der Waals surface area contributed by atoms with Crippen molar-refractivity contribution in [3.8, 4) is 0 Å². The predicted molar refractivity (Wildman–Crippen MR) is 68.8 cm³/mol. The Hall–Kier alpha value is -1.37. The van der Waals surface area contributed by atoms with Gasteiger partial charge in [-0.25, -0.2) is 0 Å². The molecule has 0 N–H and O–H groups in total. The molecule has 16 heavy (non-hydrogen) atoms. The highest BCUT2D eigenvalue weighted by molar-refractivity contribution is 6.08. The van der Waals surface area contributed by atoms with E-state index < -0.39 is 0 Å². The molecule has 1 nitrogen and oxygen atoms in total. The summed E-state index contributed by atoms with van der Waals surface area (Å²) in [5, 5.41) is 0. The number of benzene rings is 1. The first-order chi connectivity index (χ1) is 7.72. The zero-order valence-corrected chi connectivity index (χ0v) is 10.4. The molecular formula is C15H20O. The van der Waals surface area contributed by atoms with Gasteiger partial charge >= 0.3 is 0 Å². The number of allylic oxidation sites excluding steroid dienone is 2. The van der Waals surface area contributed by atoms with Crippen molar-refractivity contribution in [2.75, 3.05) is 0 Å². The van der Waals surface area contributed by atoms with Crippen molar-refractivity contribution >= 4 is 5.78 Å². The maximum absolute atomic E-state index is 12.1. The SMILES string of the molecule is C/C=C(\CC)C(=O)c1cccc(CCC)c1. The van der Waals surface area contributed by atoms with Crippen molar-refractivity contribution in [2.24, 2.45) is 0 Å². The molecule has 0 saturated heterocycles. The molecule has 1 aromatic rings. The van der Waals surface area contributed by atoms with Crippen molar-refractivity contribution in [2.45, 2.75) is 40.0 Å².